The summed E-state index contributed by atoms with van der Waals surface area (Å²) in [5.74, 6) is 0.365. The van der Waals surface area contributed by atoms with E-state index in [1.807, 2.05) is 12.1 Å². The van der Waals surface area contributed by atoms with Crippen LogP contribution in [0.3, 0.4) is 0 Å². The van der Waals surface area contributed by atoms with Crippen molar-refractivity contribution in [3.05, 3.63) is 42.0 Å². The van der Waals surface area contributed by atoms with Crippen LogP contribution < -0.4 is 0 Å². The van der Waals surface area contributed by atoms with Gasteiger partial charge < -0.3 is 10.0 Å². The Morgan fingerprint density at radius 3 is 2.48 bits per heavy atom. The standard InChI is InChI=1S/C23H32N2O.ClH/c26-22-12-11-20-7-4-6-19(23(20)18-22)8-5-13-24-14-16-25(17-15-24)21-9-2-1-3-10-21;/h4,6-7,11-12,18,21,26H,1-3,5,8-10,13-17H2;1H. The average Bonchev–Trinajstić information content (AvgIpc) is 2.69. The van der Waals surface area contributed by atoms with E-state index in [2.05, 4.69) is 28.0 Å². The zero-order valence-electron chi connectivity index (χ0n) is 16.3. The summed E-state index contributed by atoms with van der Waals surface area (Å²) < 4.78 is 0. The number of halogens is 1. The van der Waals surface area contributed by atoms with Crippen molar-refractivity contribution in [1.29, 1.82) is 0 Å². The number of piperazine rings is 1. The lowest BCUT2D eigenvalue weighted by Crippen LogP contribution is -2.50. The number of fused-ring (bicyclic) bond motifs is 1. The maximum absolute atomic E-state index is 9.80. The summed E-state index contributed by atoms with van der Waals surface area (Å²) in [6.45, 7) is 6.16. The van der Waals surface area contributed by atoms with Gasteiger partial charge in [-0.1, -0.05) is 43.5 Å². The van der Waals surface area contributed by atoms with Crippen LogP contribution in [0.1, 0.15) is 44.1 Å². The van der Waals surface area contributed by atoms with E-state index in [0.29, 0.717) is 5.75 Å². The number of rotatable bonds is 5. The highest BCUT2D eigenvalue weighted by molar-refractivity contribution is 5.87. The quantitative estimate of drug-likeness (QED) is 0.793. The van der Waals surface area contributed by atoms with E-state index in [9.17, 15) is 5.11 Å². The Bertz CT molecular complexity index is 721. The van der Waals surface area contributed by atoms with Crippen LogP contribution in [0.5, 0.6) is 5.75 Å². The SMILES string of the molecule is Cl.Oc1ccc2cccc(CCCN3CCN(C4CCCCC4)CC3)c2c1. The van der Waals surface area contributed by atoms with E-state index in [0.717, 1.165) is 12.5 Å². The van der Waals surface area contributed by atoms with Crippen LogP contribution in [0.4, 0.5) is 0 Å². The van der Waals surface area contributed by atoms with E-state index in [-0.39, 0.29) is 12.4 Å². The first kappa shape index (κ1) is 20.4. The Labute approximate surface area is 169 Å². The molecule has 0 atom stereocenters. The molecule has 0 bridgehead atoms. The van der Waals surface area contributed by atoms with Crippen LogP contribution >= 0.6 is 12.4 Å². The summed E-state index contributed by atoms with van der Waals surface area (Å²) in [4.78, 5) is 5.39. The predicted molar refractivity (Wildman–Crippen MR) is 116 cm³/mol. The second kappa shape index (κ2) is 9.77. The molecule has 4 rings (SSSR count). The lowest BCUT2D eigenvalue weighted by Gasteiger charge is -2.40. The molecular weight excluding hydrogens is 356 g/mol. The molecule has 2 aromatic rings. The van der Waals surface area contributed by atoms with E-state index in [1.165, 1.54) is 87.6 Å². The van der Waals surface area contributed by atoms with Gasteiger partial charge in [0.15, 0.2) is 0 Å². The van der Waals surface area contributed by atoms with Crippen LogP contribution in [0, 0.1) is 0 Å². The van der Waals surface area contributed by atoms with Crippen LogP contribution in [0.15, 0.2) is 36.4 Å². The molecule has 1 N–H and O–H groups in total. The maximum Gasteiger partial charge on any atom is 0.116 e. The van der Waals surface area contributed by atoms with Gasteiger partial charge >= 0.3 is 0 Å². The van der Waals surface area contributed by atoms with E-state index < -0.39 is 0 Å². The molecule has 1 aliphatic heterocycles. The van der Waals surface area contributed by atoms with Crippen molar-refractivity contribution in [2.24, 2.45) is 0 Å². The topological polar surface area (TPSA) is 26.7 Å². The highest BCUT2D eigenvalue weighted by Crippen LogP contribution is 2.25. The smallest absolute Gasteiger partial charge is 0.116 e. The van der Waals surface area contributed by atoms with Crippen molar-refractivity contribution in [3.63, 3.8) is 0 Å². The zero-order chi connectivity index (χ0) is 17.8. The Morgan fingerprint density at radius 1 is 0.926 bits per heavy atom. The molecule has 2 fully saturated rings. The molecule has 2 aromatic carbocycles. The van der Waals surface area contributed by atoms with Crippen LogP contribution in [0.2, 0.25) is 0 Å². The molecule has 1 aliphatic carbocycles. The van der Waals surface area contributed by atoms with Crippen molar-refractivity contribution in [1.82, 2.24) is 9.80 Å². The molecule has 3 nitrogen and oxygen atoms in total. The molecule has 0 radical (unpaired) electrons. The molecule has 2 aliphatic rings. The largest absolute Gasteiger partial charge is 0.508 e. The zero-order valence-corrected chi connectivity index (χ0v) is 17.1. The number of phenols is 1. The third-order valence-corrected chi connectivity index (χ3v) is 6.37. The summed E-state index contributed by atoms with van der Waals surface area (Å²) in [5.41, 5.74) is 1.36. The van der Waals surface area contributed by atoms with Gasteiger partial charge in [0.25, 0.3) is 0 Å². The van der Waals surface area contributed by atoms with Gasteiger partial charge in [0.2, 0.25) is 0 Å². The van der Waals surface area contributed by atoms with Crippen molar-refractivity contribution in [2.75, 3.05) is 32.7 Å². The van der Waals surface area contributed by atoms with E-state index in [4.69, 9.17) is 0 Å². The van der Waals surface area contributed by atoms with Gasteiger partial charge in [0.1, 0.15) is 5.75 Å². The van der Waals surface area contributed by atoms with Gasteiger partial charge in [-0.3, -0.25) is 4.90 Å². The fourth-order valence-electron chi connectivity index (χ4n) is 4.83. The van der Waals surface area contributed by atoms with Crippen molar-refractivity contribution < 1.29 is 5.11 Å². The molecule has 1 heterocycles. The molecule has 0 amide bonds. The molecule has 0 unspecified atom stereocenters. The Kier molecular flexibility index (Phi) is 7.40. The second-order valence-corrected chi connectivity index (χ2v) is 8.10. The molecule has 148 valence electrons. The van der Waals surface area contributed by atoms with Crippen LogP contribution in [-0.2, 0) is 6.42 Å². The monoisotopic (exact) mass is 388 g/mol. The third kappa shape index (κ3) is 5.16. The molecule has 0 spiro atoms. The lowest BCUT2D eigenvalue weighted by atomic mass is 9.94. The molecular formula is C23H33ClN2O. The second-order valence-electron chi connectivity index (χ2n) is 8.10. The van der Waals surface area contributed by atoms with Crippen LogP contribution in [-0.4, -0.2) is 53.7 Å². The Hall–Kier alpha value is -1.29. The van der Waals surface area contributed by atoms with Crippen LogP contribution in [0.25, 0.3) is 10.8 Å². The summed E-state index contributed by atoms with van der Waals surface area (Å²) in [6.07, 6.45) is 9.45. The minimum absolute atomic E-state index is 0. The normalized spacial score (nSPS) is 19.9. The van der Waals surface area contributed by atoms with Gasteiger partial charge in [-0.05, 0) is 60.7 Å². The first-order valence-electron chi connectivity index (χ1n) is 10.5. The Balaban J connectivity index is 0.00000210. The summed E-state index contributed by atoms with van der Waals surface area (Å²) >= 11 is 0. The van der Waals surface area contributed by atoms with Gasteiger partial charge in [-0.2, -0.15) is 0 Å². The molecule has 1 saturated heterocycles. The first-order valence-corrected chi connectivity index (χ1v) is 10.5. The summed E-state index contributed by atoms with van der Waals surface area (Å²) in [7, 11) is 0. The molecule has 0 aromatic heterocycles. The van der Waals surface area contributed by atoms with Gasteiger partial charge in [-0.15, -0.1) is 12.4 Å². The minimum Gasteiger partial charge on any atom is -0.508 e. The number of hydrogen-bond donors (Lipinski definition) is 1. The molecule has 27 heavy (non-hydrogen) atoms. The number of aryl methyl sites for hydroxylation is 1. The predicted octanol–water partition coefficient (Wildman–Crippen LogP) is 4.85. The lowest BCUT2D eigenvalue weighted by molar-refractivity contribution is 0.0785. The minimum atomic E-state index is 0. The summed E-state index contributed by atoms with van der Waals surface area (Å²) in [5, 5.41) is 12.2. The van der Waals surface area contributed by atoms with Gasteiger partial charge in [-0.25, -0.2) is 0 Å². The average molecular weight is 389 g/mol. The summed E-state index contributed by atoms with van der Waals surface area (Å²) in [6, 6.07) is 13.0. The molecule has 4 heteroatoms. The van der Waals surface area contributed by atoms with Crippen molar-refractivity contribution in [3.8, 4) is 5.75 Å². The number of benzene rings is 2. The number of nitrogens with zero attached hydrogens (tertiary/aromatic N) is 2. The van der Waals surface area contributed by atoms with Gasteiger partial charge in [0.05, 0.1) is 0 Å². The number of phenolic OH excluding ortho intramolecular Hbond substituents is 1. The maximum atomic E-state index is 9.80. The third-order valence-electron chi connectivity index (χ3n) is 6.37. The first-order chi connectivity index (χ1) is 12.8. The van der Waals surface area contributed by atoms with Crippen molar-refractivity contribution >= 4 is 23.2 Å². The highest BCUT2D eigenvalue weighted by Gasteiger charge is 2.24. The fourth-order valence-corrected chi connectivity index (χ4v) is 4.83. The highest BCUT2D eigenvalue weighted by atomic mass is 35.5. The van der Waals surface area contributed by atoms with Crippen molar-refractivity contribution in [2.45, 2.75) is 51.0 Å². The van der Waals surface area contributed by atoms with E-state index in [1.54, 1.807) is 6.07 Å². The number of hydrogen-bond acceptors (Lipinski definition) is 3. The van der Waals surface area contributed by atoms with Gasteiger partial charge in [0, 0.05) is 32.2 Å². The Morgan fingerprint density at radius 2 is 1.70 bits per heavy atom. The van der Waals surface area contributed by atoms with E-state index >= 15 is 0 Å². The fraction of sp³-hybridized carbons (Fsp3) is 0.565. The number of aromatic hydroxyl groups is 1. The molecule has 1 saturated carbocycles.